The van der Waals surface area contributed by atoms with Gasteiger partial charge in [-0.3, -0.25) is 5.10 Å². The van der Waals surface area contributed by atoms with E-state index >= 15 is 0 Å². The van der Waals surface area contributed by atoms with Crippen LogP contribution in [0.15, 0.2) is 30.6 Å². The summed E-state index contributed by atoms with van der Waals surface area (Å²) in [4.78, 5) is 4.10. The number of rotatable bonds is 6. The van der Waals surface area contributed by atoms with Crippen molar-refractivity contribution in [1.29, 1.82) is 0 Å². The van der Waals surface area contributed by atoms with Crippen LogP contribution >= 0.6 is 0 Å². The normalized spacial score (nSPS) is 21.6. The van der Waals surface area contributed by atoms with Crippen LogP contribution in [0.5, 0.6) is 0 Å². The number of aromatic nitrogens is 3. The van der Waals surface area contributed by atoms with Crippen LogP contribution in [0, 0.1) is 12.8 Å². The number of hydrogen-bond acceptors (Lipinski definition) is 5. The summed E-state index contributed by atoms with van der Waals surface area (Å²) in [6.45, 7) is 2.84. The van der Waals surface area contributed by atoms with Gasteiger partial charge in [0.05, 0.1) is 5.75 Å². The Kier molecular flexibility index (Phi) is 4.74. The summed E-state index contributed by atoms with van der Waals surface area (Å²) in [5, 5.41) is 6.61. The van der Waals surface area contributed by atoms with E-state index < -0.39 is 10.0 Å². The van der Waals surface area contributed by atoms with Gasteiger partial charge in [0.15, 0.2) is 5.82 Å². The van der Waals surface area contributed by atoms with Crippen molar-refractivity contribution in [3.05, 3.63) is 47.5 Å². The second-order valence-corrected chi connectivity index (χ2v) is 7.55. The molecule has 2 aromatic rings. The van der Waals surface area contributed by atoms with Gasteiger partial charge in [0.1, 0.15) is 12.4 Å². The highest BCUT2D eigenvalue weighted by molar-refractivity contribution is 7.88. The molecular formula is C15H20N4O3S. The number of aryl methyl sites for hydroxylation is 1. The largest absolute Gasteiger partial charge is 0.370 e. The van der Waals surface area contributed by atoms with Crippen LogP contribution in [-0.2, 0) is 20.5 Å². The summed E-state index contributed by atoms with van der Waals surface area (Å²) in [6.07, 6.45) is 1.98. The first-order chi connectivity index (χ1) is 11.1. The lowest BCUT2D eigenvalue weighted by Gasteiger charge is -2.17. The van der Waals surface area contributed by atoms with Gasteiger partial charge in [-0.05, 0) is 24.5 Å². The van der Waals surface area contributed by atoms with E-state index in [0.717, 1.165) is 17.5 Å². The van der Waals surface area contributed by atoms with Crippen LogP contribution in [0.4, 0.5) is 0 Å². The minimum atomic E-state index is -3.39. The standard InChI is InChI=1S/C15H20N4O3S/c1-11-4-2-3-5-13(11)9-23(20,21)18-8-12-6-7-22-14(12)15-16-10-17-19-15/h2-5,10,12,14,18H,6-9H2,1H3,(H,16,17,19)/t12-,14-/m0/s1. The zero-order chi connectivity index (χ0) is 16.3. The van der Waals surface area contributed by atoms with Gasteiger partial charge in [-0.25, -0.2) is 18.1 Å². The first-order valence-corrected chi connectivity index (χ1v) is 9.19. The Labute approximate surface area is 135 Å². The quantitative estimate of drug-likeness (QED) is 0.829. The molecule has 0 radical (unpaired) electrons. The summed E-state index contributed by atoms with van der Waals surface area (Å²) >= 11 is 0. The molecule has 3 rings (SSSR count). The van der Waals surface area contributed by atoms with Crippen LogP contribution < -0.4 is 4.72 Å². The molecule has 1 fully saturated rings. The molecule has 1 aliphatic heterocycles. The Bertz CT molecular complexity index is 746. The molecule has 2 atom stereocenters. The summed E-state index contributed by atoms with van der Waals surface area (Å²) in [7, 11) is -3.39. The number of sulfonamides is 1. The molecule has 0 spiro atoms. The van der Waals surface area contributed by atoms with Gasteiger partial charge in [0.25, 0.3) is 0 Å². The van der Waals surface area contributed by atoms with Crippen LogP contribution in [-0.4, -0.2) is 36.8 Å². The lowest BCUT2D eigenvalue weighted by Crippen LogP contribution is -2.32. The molecule has 2 heterocycles. The van der Waals surface area contributed by atoms with E-state index in [0.29, 0.717) is 19.0 Å². The van der Waals surface area contributed by atoms with Crippen LogP contribution in [0.1, 0.15) is 29.5 Å². The van der Waals surface area contributed by atoms with Crippen LogP contribution in [0.2, 0.25) is 0 Å². The second kappa shape index (κ2) is 6.77. The predicted molar refractivity (Wildman–Crippen MR) is 85.0 cm³/mol. The smallest absolute Gasteiger partial charge is 0.215 e. The van der Waals surface area contributed by atoms with Crippen molar-refractivity contribution in [3.63, 3.8) is 0 Å². The minimum absolute atomic E-state index is 0.0137. The van der Waals surface area contributed by atoms with E-state index in [9.17, 15) is 8.42 Å². The highest BCUT2D eigenvalue weighted by Crippen LogP contribution is 2.31. The molecule has 8 heteroatoms. The first kappa shape index (κ1) is 16.1. The van der Waals surface area contributed by atoms with Gasteiger partial charge in [0.2, 0.25) is 10.0 Å². The average Bonchev–Trinajstić information content (AvgIpc) is 3.18. The SMILES string of the molecule is Cc1ccccc1CS(=O)(=O)NC[C@@H]1CCO[C@@H]1c1ncn[nH]1. The predicted octanol–water partition coefficient (Wildman–Crippen LogP) is 1.31. The van der Waals surface area contributed by atoms with Gasteiger partial charge in [-0.15, -0.1) is 0 Å². The highest BCUT2D eigenvalue weighted by atomic mass is 32.2. The number of ether oxygens (including phenoxy) is 1. The molecule has 0 aliphatic carbocycles. The van der Waals surface area contributed by atoms with E-state index in [1.807, 2.05) is 31.2 Å². The van der Waals surface area contributed by atoms with Crippen molar-refractivity contribution in [2.45, 2.75) is 25.2 Å². The second-order valence-electron chi connectivity index (χ2n) is 5.74. The zero-order valence-corrected chi connectivity index (χ0v) is 13.7. The molecule has 124 valence electrons. The van der Waals surface area contributed by atoms with Crippen molar-refractivity contribution in [3.8, 4) is 0 Å². The molecule has 23 heavy (non-hydrogen) atoms. The number of H-pyrrole nitrogens is 1. The van der Waals surface area contributed by atoms with Gasteiger partial charge >= 0.3 is 0 Å². The van der Waals surface area contributed by atoms with E-state index in [2.05, 4.69) is 19.9 Å². The highest BCUT2D eigenvalue weighted by Gasteiger charge is 2.32. The minimum Gasteiger partial charge on any atom is -0.370 e. The van der Waals surface area contributed by atoms with Crippen molar-refractivity contribution in [1.82, 2.24) is 19.9 Å². The Morgan fingerprint density at radius 1 is 1.39 bits per heavy atom. The van der Waals surface area contributed by atoms with Crippen LogP contribution in [0.25, 0.3) is 0 Å². The fraction of sp³-hybridized carbons (Fsp3) is 0.467. The Balaban J connectivity index is 1.62. The molecule has 1 aliphatic rings. The van der Waals surface area contributed by atoms with Gasteiger partial charge in [0, 0.05) is 19.1 Å². The van der Waals surface area contributed by atoms with Gasteiger partial charge in [-0.2, -0.15) is 5.10 Å². The van der Waals surface area contributed by atoms with Crippen molar-refractivity contribution in [2.75, 3.05) is 13.2 Å². The molecule has 7 nitrogen and oxygen atoms in total. The maximum absolute atomic E-state index is 12.3. The molecule has 0 unspecified atom stereocenters. The number of nitrogens with zero attached hydrogens (tertiary/aromatic N) is 2. The van der Waals surface area contributed by atoms with Crippen molar-refractivity contribution >= 4 is 10.0 Å². The Morgan fingerprint density at radius 3 is 2.96 bits per heavy atom. The van der Waals surface area contributed by atoms with Crippen LogP contribution in [0.3, 0.4) is 0 Å². The zero-order valence-electron chi connectivity index (χ0n) is 12.9. The number of benzene rings is 1. The molecule has 2 N–H and O–H groups in total. The molecule has 1 aromatic carbocycles. The summed E-state index contributed by atoms with van der Waals surface area (Å²) in [6, 6.07) is 7.50. The van der Waals surface area contributed by atoms with E-state index in [1.165, 1.54) is 6.33 Å². The molecule has 1 saturated heterocycles. The molecule has 0 bridgehead atoms. The third kappa shape index (κ3) is 3.95. The Hall–Kier alpha value is -1.77. The van der Waals surface area contributed by atoms with E-state index in [1.54, 1.807) is 0 Å². The number of nitrogens with one attached hydrogen (secondary N) is 2. The van der Waals surface area contributed by atoms with Crippen molar-refractivity contribution < 1.29 is 13.2 Å². The lowest BCUT2D eigenvalue weighted by atomic mass is 10.0. The average molecular weight is 336 g/mol. The Morgan fingerprint density at radius 2 is 2.22 bits per heavy atom. The summed E-state index contributed by atoms with van der Waals surface area (Å²) < 4.78 is 33.0. The molecular weight excluding hydrogens is 316 g/mol. The maximum atomic E-state index is 12.3. The maximum Gasteiger partial charge on any atom is 0.215 e. The third-order valence-electron chi connectivity index (χ3n) is 4.09. The summed E-state index contributed by atoms with van der Waals surface area (Å²) in [5.41, 5.74) is 1.79. The number of aromatic amines is 1. The molecule has 1 aromatic heterocycles. The van der Waals surface area contributed by atoms with Gasteiger partial charge in [-0.1, -0.05) is 24.3 Å². The fourth-order valence-electron chi connectivity index (χ4n) is 2.76. The topological polar surface area (TPSA) is 97.0 Å². The lowest BCUT2D eigenvalue weighted by molar-refractivity contribution is 0.0848. The monoisotopic (exact) mass is 336 g/mol. The summed E-state index contributed by atoms with van der Waals surface area (Å²) in [5.74, 6) is 0.681. The third-order valence-corrected chi connectivity index (χ3v) is 5.39. The molecule has 0 amide bonds. The van der Waals surface area contributed by atoms with Crippen molar-refractivity contribution in [2.24, 2.45) is 5.92 Å². The fourth-order valence-corrected chi connectivity index (χ4v) is 4.06. The van der Waals surface area contributed by atoms with E-state index in [4.69, 9.17) is 4.74 Å². The van der Waals surface area contributed by atoms with E-state index in [-0.39, 0.29) is 17.8 Å². The first-order valence-electron chi connectivity index (χ1n) is 7.54. The molecule has 0 saturated carbocycles. The number of hydrogen-bond donors (Lipinski definition) is 2. The van der Waals surface area contributed by atoms with Gasteiger partial charge < -0.3 is 4.74 Å².